The van der Waals surface area contributed by atoms with Crippen molar-refractivity contribution < 1.29 is 24.2 Å². The quantitative estimate of drug-likeness (QED) is 0.227. The zero-order valence-electron chi connectivity index (χ0n) is 25.9. The van der Waals surface area contributed by atoms with E-state index in [1.807, 2.05) is 43.0 Å². The Balaban J connectivity index is 1.56. The zero-order chi connectivity index (χ0) is 31.6. The number of thioether (sulfide) groups is 1. The second-order valence-electron chi connectivity index (χ2n) is 12.4. The highest BCUT2D eigenvalue weighted by Gasteiger charge is 2.76. The summed E-state index contributed by atoms with van der Waals surface area (Å²) >= 11 is 5.53. The average molecular weight is 689 g/mol. The molecule has 240 valence electrons. The molecule has 1 aliphatic carbocycles. The Morgan fingerprint density at radius 3 is 2.41 bits per heavy atom. The smallest absolute Gasteiger partial charge is 0.247 e. The molecule has 1 aromatic carbocycles. The summed E-state index contributed by atoms with van der Waals surface area (Å²) in [5.74, 6) is -0.982. The molecule has 3 aliphatic heterocycles. The van der Waals surface area contributed by atoms with Crippen LogP contribution in [0.5, 0.6) is 5.75 Å². The molecule has 0 aromatic heterocycles. The molecule has 1 N–H and O–H groups in total. The summed E-state index contributed by atoms with van der Waals surface area (Å²) in [6, 6.07) is 6.24. The Kier molecular flexibility index (Phi) is 10.5. The molecule has 1 saturated carbocycles. The van der Waals surface area contributed by atoms with Crippen molar-refractivity contribution >= 4 is 51.1 Å². The van der Waals surface area contributed by atoms with Crippen molar-refractivity contribution in [3.8, 4) is 5.75 Å². The maximum atomic E-state index is 14.8. The van der Waals surface area contributed by atoms with Gasteiger partial charge in [-0.05, 0) is 56.9 Å². The highest BCUT2D eigenvalue weighted by molar-refractivity contribution is 9.09. The van der Waals surface area contributed by atoms with Crippen molar-refractivity contribution in [3.05, 3.63) is 49.6 Å². The van der Waals surface area contributed by atoms with E-state index < -0.39 is 28.7 Å². The number of carbonyl (C=O) groups is 3. The summed E-state index contributed by atoms with van der Waals surface area (Å²) in [6.45, 7) is 12.7. The van der Waals surface area contributed by atoms with Gasteiger partial charge in [0.25, 0.3) is 0 Å². The number of hydrogen-bond acceptors (Lipinski definition) is 6. The highest BCUT2D eigenvalue weighted by atomic mass is 79.9. The fourth-order valence-corrected chi connectivity index (χ4v) is 11.7. The Morgan fingerprint density at radius 2 is 1.82 bits per heavy atom. The standard InChI is InChI=1S/C34H46BrN3O5S/c1-5-18-36(24-14-16-25(17-15-24)43-8-4)31(40)27-28-32(41)38(22(7-3)21-39)30(34(28)20-26(35)29(27)44-34)33(42)37(19-6-2)23-12-10-9-11-13-23/h5-6,14-17,22-23,26-30,39H,1-2,7-13,18-21H2,3-4H3/t22-,26?,27-,28-,29-,30?,34?/m0/s1. The Bertz CT molecular complexity index is 1240. The molecular formula is C34H46BrN3O5S. The number of ether oxygens (including phenoxy) is 1. The number of amides is 3. The van der Waals surface area contributed by atoms with Gasteiger partial charge in [0.1, 0.15) is 11.8 Å². The number of rotatable bonds is 13. The number of hydrogen-bond donors (Lipinski definition) is 1. The third-order valence-corrected chi connectivity index (χ3v) is 13.2. The Morgan fingerprint density at radius 1 is 1.14 bits per heavy atom. The Hall–Kier alpha value is -2.30. The number of anilines is 1. The van der Waals surface area contributed by atoms with Gasteiger partial charge in [-0.15, -0.1) is 24.9 Å². The lowest BCUT2D eigenvalue weighted by Gasteiger charge is -2.42. The molecule has 3 saturated heterocycles. The first-order valence-corrected chi connectivity index (χ1v) is 17.9. The van der Waals surface area contributed by atoms with Gasteiger partial charge in [0.05, 0.1) is 35.8 Å². The second-order valence-corrected chi connectivity index (χ2v) is 15.1. The number of halogens is 1. The number of nitrogens with zero attached hydrogens (tertiary/aromatic N) is 3. The molecule has 4 fully saturated rings. The highest BCUT2D eigenvalue weighted by Crippen LogP contribution is 2.68. The van der Waals surface area contributed by atoms with Crippen LogP contribution in [-0.2, 0) is 14.4 Å². The molecule has 1 spiro atoms. The van der Waals surface area contributed by atoms with Gasteiger partial charge in [0.2, 0.25) is 17.7 Å². The van der Waals surface area contributed by atoms with Gasteiger partial charge in [-0.2, -0.15) is 0 Å². The number of aliphatic hydroxyl groups is 1. The third-order valence-electron chi connectivity index (χ3n) is 9.98. The normalized spacial score (nSPS) is 30.1. The Labute approximate surface area is 274 Å². The SMILES string of the molecule is C=CCN(C(=O)[C@H]1[C@H]2C(=O)N([C@@H](CC)CO)C(C(=O)N(CC=C)C3CCCCC3)C23CC(Br)[C@@H]1S3)c1ccc(OCC)cc1. The van der Waals surface area contributed by atoms with E-state index in [1.165, 1.54) is 0 Å². The van der Waals surface area contributed by atoms with Gasteiger partial charge in [-0.3, -0.25) is 14.4 Å². The van der Waals surface area contributed by atoms with E-state index in [0.29, 0.717) is 31.7 Å². The van der Waals surface area contributed by atoms with Crippen LogP contribution in [0.4, 0.5) is 5.69 Å². The number of fused-ring (bicyclic) bond motifs is 1. The maximum absolute atomic E-state index is 14.8. The molecule has 0 radical (unpaired) electrons. The molecule has 1 aromatic rings. The summed E-state index contributed by atoms with van der Waals surface area (Å²) in [7, 11) is 0. The number of carbonyl (C=O) groups excluding carboxylic acids is 3. The van der Waals surface area contributed by atoms with E-state index in [0.717, 1.165) is 37.9 Å². The molecule has 2 bridgehead atoms. The molecule has 10 heteroatoms. The number of benzene rings is 1. The van der Waals surface area contributed by atoms with Crippen LogP contribution in [0.15, 0.2) is 49.6 Å². The van der Waals surface area contributed by atoms with Gasteiger partial charge < -0.3 is 24.5 Å². The van der Waals surface area contributed by atoms with Crippen LogP contribution in [-0.4, -0.2) is 91.9 Å². The van der Waals surface area contributed by atoms with Gasteiger partial charge in [0, 0.05) is 34.9 Å². The number of aliphatic hydroxyl groups excluding tert-OH is 1. The van der Waals surface area contributed by atoms with Gasteiger partial charge >= 0.3 is 0 Å². The van der Waals surface area contributed by atoms with E-state index in [2.05, 4.69) is 29.1 Å². The molecule has 3 heterocycles. The molecule has 5 rings (SSSR count). The van der Waals surface area contributed by atoms with Crippen LogP contribution in [0, 0.1) is 11.8 Å². The van der Waals surface area contributed by atoms with Crippen LogP contribution < -0.4 is 9.64 Å². The molecule has 44 heavy (non-hydrogen) atoms. The minimum Gasteiger partial charge on any atom is -0.494 e. The molecule has 4 aliphatic rings. The molecular weight excluding hydrogens is 642 g/mol. The first-order chi connectivity index (χ1) is 21.3. The fraction of sp³-hybridized carbons (Fsp3) is 0.618. The summed E-state index contributed by atoms with van der Waals surface area (Å²) in [4.78, 5) is 49.4. The molecule has 7 atom stereocenters. The lowest BCUT2D eigenvalue weighted by molar-refractivity contribution is -0.147. The lowest BCUT2D eigenvalue weighted by Crippen LogP contribution is -2.59. The monoisotopic (exact) mass is 687 g/mol. The van der Waals surface area contributed by atoms with E-state index in [-0.39, 0.29) is 47.0 Å². The van der Waals surface area contributed by atoms with Crippen molar-refractivity contribution in [3.63, 3.8) is 0 Å². The van der Waals surface area contributed by atoms with Crippen molar-refractivity contribution in [2.24, 2.45) is 11.8 Å². The van der Waals surface area contributed by atoms with Crippen molar-refractivity contribution in [2.75, 3.05) is 31.2 Å². The molecule has 8 nitrogen and oxygen atoms in total. The van der Waals surface area contributed by atoms with Crippen LogP contribution in [0.2, 0.25) is 0 Å². The second kappa shape index (κ2) is 14.0. The van der Waals surface area contributed by atoms with Gasteiger partial charge in [-0.1, -0.05) is 54.3 Å². The van der Waals surface area contributed by atoms with E-state index in [9.17, 15) is 19.5 Å². The first-order valence-electron chi connectivity index (χ1n) is 16.1. The van der Waals surface area contributed by atoms with Crippen LogP contribution in [0.1, 0.15) is 58.8 Å². The predicted octanol–water partition coefficient (Wildman–Crippen LogP) is 5.19. The summed E-state index contributed by atoms with van der Waals surface area (Å²) in [5, 5.41) is 10.3. The number of alkyl halides is 1. The third kappa shape index (κ3) is 5.64. The minimum absolute atomic E-state index is 0.0385. The van der Waals surface area contributed by atoms with Crippen LogP contribution in [0.3, 0.4) is 0 Å². The van der Waals surface area contributed by atoms with Crippen LogP contribution >= 0.6 is 27.7 Å². The van der Waals surface area contributed by atoms with Crippen molar-refractivity contribution in [1.82, 2.24) is 9.80 Å². The van der Waals surface area contributed by atoms with Crippen LogP contribution in [0.25, 0.3) is 0 Å². The minimum atomic E-state index is -0.775. The fourth-order valence-electron chi connectivity index (χ4n) is 8.06. The first kappa shape index (κ1) is 33.1. The zero-order valence-corrected chi connectivity index (χ0v) is 28.3. The summed E-state index contributed by atoms with van der Waals surface area (Å²) < 4.78 is 4.83. The topological polar surface area (TPSA) is 90.4 Å². The van der Waals surface area contributed by atoms with Crippen molar-refractivity contribution in [2.45, 2.75) is 91.7 Å². The summed E-state index contributed by atoms with van der Waals surface area (Å²) in [5.41, 5.74) is 0.706. The average Bonchev–Trinajstić information content (AvgIpc) is 3.63. The molecule has 3 amide bonds. The summed E-state index contributed by atoms with van der Waals surface area (Å²) in [6.07, 6.45) is 9.76. The van der Waals surface area contributed by atoms with E-state index in [1.54, 1.807) is 33.7 Å². The largest absolute Gasteiger partial charge is 0.494 e. The number of likely N-dealkylation sites (tertiary alicyclic amines) is 1. The van der Waals surface area contributed by atoms with Gasteiger partial charge in [-0.25, -0.2) is 0 Å². The van der Waals surface area contributed by atoms with E-state index >= 15 is 0 Å². The molecule has 3 unspecified atom stereocenters. The van der Waals surface area contributed by atoms with Gasteiger partial charge in [0.15, 0.2) is 0 Å². The predicted molar refractivity (Wildman–Crippen MR) is 179 cm³/mol. The lowest BCUT2D eigenvalue weighted by atomic mass is 9.70. The maximum Gasteiger partial charge on any atom is 0.247 e. The van der Waals surface area contributed by atoms with Crippen molar-refractivity contribution in [1.29, 1.82) is 0 Å². The van der Waals surface area contributed by atoms with E-state index in [4.69, 9.17) is 4.74 Å².